The molecule has 0 aliphatic rings. The standard InChI is InChI=1S/C10H18O3/c1-4-7-9(11)8(5-2)10(12)13-6-3/h5,9,11H,4,6-7H2,1-3H3/b8-5-. The van der Waals surface area contributed by atoms with Gasteiger partial charge in [-0.1, -0.05) is 19.4 Å². The molecule has 0 saturated carbocycles. The smallest absolute Gasteiger partial charge is 0.336 e. The Labute approximate surface area is 79.4 Å². The molecule has 0 heterocycles. The van der Waals surface area contributed by atoms with Crippen molar-refractivity contribution in [1.82, 2.24) is 0 Å². The van der Waals surface area contributed by atoms with Gasteiger partial charge in [-0.2, -0.15) is 0 Å². The van der Waals surface area contributed by atoms with Gasteiger partial charge in [0.25, 0.3) is 0 Å². The minimum absolute atomic E-state index is 0.342. The fraction of sp³-hybridized carbons (Fsp3) is 0.700. The summed E-state index contributed by atoms with van der Waals surface area (Å²) in [5.41, 5.74) is 0.365. The zero-order valence-electron chi connectivity index (χ0n) is 8.54. The van der Waals surface area contributed by atoms with Crippen molar-refractivity contribution < 1.29 is 14.6 Å². The molecular formula is C10H18O3. The molecule has 0 spiro atoms. The molecule has 0 aromatic heterocycles. The molecule has 0 aliphatic heterocycles. The average Bonchev–Trinajstić information content (AvgIpc) is 2.06. The maximum Gasteiger partial charge on any atom is 0.336 e. The Kier molecular flexibility index (Phi) is 6.24. The summed E-state index contributed by atoms with van der Waals surface area (Å²) in [5.74, 6) is -0.411. The fourth-order valence-corrected chi connectivity index (χ4v) is 1.09. The monoisotopic (exact) mass is 186 g/mol. The van der Waals surface area contributed by atoms with E-state index in [9.17, 15) is 9.90 Å². The zero-order chi connectivity index (χ0) is 10.3. The van der Waals surface area contributed by atoms with E-state index in [0.29, 0.717) is 18.6 Å². The van der Waals surface area contributed by atoms with E-state index < -0.39 is 12.1 Å². The van der Waals surface area contributed by atoms with Crippen LogP contribution in [0.25, 0.3) is 0 Å². The first-order valence-corrected chi connectivity index (χ1v) is 4.68. The van der Waals surface area contributed by atoms with Gasteiger partial charge < -0.3 is 9.84 Å². The molecule has 1 atom stereocenters. The molecule has 1 N–H and O–H groups in total. The van der Waals surface area contributed by atoms with Crippen molar-refractivity contribution in [1.29, 1.82) is 0 Å². The van der Waals surface area contributed by atoms with Crippen LogP contribution in [0.15, 0.2) is 11.6 Å². The van der Waals surface area contributed by atoms with Gasteiger partial charge in [0.1, 0.15) is 0 Å². The summed E-state index contributed by atoms with van der Waals surface area (Å²) in [6, 6.07) is 0. The Balaban J connectivity index is 4.25. The number of aliphatic hydroxyl groups excluding tert-OH is 1. The summed E-state index contributed by atoms with van der Waals surface area (Å²) in [6.45, 7) is 5.78. The quantitative estimate of drug-likeness (QED) is 0.524. The highest BCUT2D eigenvalue weighted by molar-refractivity contribution is 5.89. The van der Waals surface area contributed by atoms with Crippen molar-refractivity contribution in [2.45, 2.75) is 39.7 Å². The second kappa shape index (κ2) is 6.66. The van der Waals surface area contributed by atoms with Crippen molar-refractivity contribution in [2.24, 2.45) is 0 Å². The lowest BCUT2D eigenvalue weighted by molar-refractivity contribution is -0.139. The molecule has 0 aliphatic carbocycles. The van der Waals surface area contributed by atoms with Gasteiger partial charge in [0.05, 0.1) is 18.3 Å². The maximum absolute atomic E-state index is 11.2. The van der Waals surface area contributed by atoms with Gasteiger partial charge in [-0.05, 0) is 20.3 Å². The summed E-state index contributed by atoms with van der Waals surface area (Å²) in [7, 11) is 0. The van der Waals surface area contributed by atoms with Crippen LogP contribution in [0, 0.1) is 0 Å². The lowest BCUT2D eigenvalue weighted by Gasteiger charge is -2.12. The van der Waals surface area contributed by atoms with Crippen LogP contribution < -0.4 is 0 Å². The van der Waals surface area contributed by atoms with E-state index in [0.717, 1.165) is 6.42 Å². The minimum Gasteiger partial charge on any atom is -0.463 e. The summed E-state index contributed by atoms with van der Waals surface area (Å²) < 4.78 is 4.80. The van der Waals surface area contributed by atoms with Crippen LogP contribution in [-0.4, -0.2) is 23.8 Å². The highest BCUT2D eigenvalue weighted by Gasteiger charge is 2.17. The Morgan fingerprint density at radius 2 is 2.15 bits per heavy atom. The Hall–Kier alpha value is -0.830. The highest BCUT2D eigenvalue weighted by Crippen LogP contribution is 2.10. The Bertz CT molecular complexity index is 185. The molecular weight excluding hydrogens is 168 g/mol. The van der Waals surface area contributed by atoms with Gasteiger partial charge in [0.2, 0.25) is 0 Å². The summed E-state index contributed by atoms with van der Waals surface area (Å²) in [5, 5.41) is 9.54. The van der Waals surface area contributed by atoms with E-state index in [2.05, 4.69) is 0 Å². The third-order valence-electron chi connectivity index (χ3n) is 1.74. The molecule has 0 aromatic rings. The van der Waals surface area contributed by atoms with Crippen molar-refractivity contribution >= 4 is 5.97 Å². The van der Waals surface area contributed by atoms with Gasteiger partial charge in [0, 0.05) is 0 Å². The first kappa shape index (κ1) is 12.2. The van der Waals surface area contributed by atoms with Crippen LogP contribution in [0.3, 0.4) is 0 Å². The lowest BCUT2D eigenvalue weighted by Crippen LogP contribution is -2.19. The highest BCUT2D eigenvalue weighted by atomic mass is 16.5. The SMILES string of the molecule is C/C=C(\C(=O)OCC)C(O)CCC. The molecule has 76 valence electrons. The van der Waals surface area contributed by atoms with E-state index in [1.54, 1.807) is 19.9 Å². The molecule has 0 saturated heterocycles. The molecule has 3 nitrogen and oxygen atoms in total. The van der Waals surface area contributed by atoms with Gasteiger partial charge in [-0.15, -0.1) is 0 Å². The molecule has 0 radical (unpaired) electrons. The molecule has 0 rings (SSSR count). The predicted octanol–water partition coefficient (Wildman–Crippen LogP) is 1.66. The summed E-state index contributed by atoms with van der Waals surface area (Å²) in [4.78, 5) is 11.2. The minimum atomic E-state index is -0.686. The average molecular weight is 186 g/mol. The molecule has 0 amide bonds. The van der Waals surface area contributed by atoms with Crippen molar-refractivity contribution in [3.05, 3.63) is 11.6 Å². The van der Waals surface area contributed by atoms with Gasteiger partial charge in [-0.25, -0.2) is 4.79 Å². The molecule has 0 fully saturated rings. The molecule has 3 heteroatoms. The number of ether oxygens (including phenoxy) is 1. The van der Waals surface area contributed by atoms with E-state index in [1.165, 1.54) is 0 Å². The van der Waals surface area contributed by atoms with E-state index in [-0.39, 0.29) is 0 Å². The molecule has 1 unspecified atom stereocenters. The predicted molar refractivity (Wildman–Crippen MR) is 51.3 cm³/mol. The maximum atomic E-state index is 11.2. The fourth-order valence-electron chi connectivity index (χ4n) is 1.09. The normalized spacial score (nSPS) is 14.0. The van der Waals surface area contributed by atoms with Gasteiger partial charge >= 0.3 is 5.97 Å². The number of aliphatic hydroxyl groups is 1. The number of hydrogen-bond donors (Lipinski definition) is 1. The third kappa shape index (κ3) is 4.08. The first-order chi connectivity index (χ1) is 6.17. The zero-order valence-corrected chi connectivity index (χ0v) is 8.54. The summed E-state index contributed by atoms with van der Waals surface area (Å²) in [6.07, 6.45) is 2.36. The topological polar surface area (TPSA) is 46.5 Å². The third-order valence-corrected chi connectivity index (χ3v) is 1.74. The lowest BCUT2D eigenvalue weighted by atomic mass is 10.1. The molecule has 13 heavy (non-hydrogen) atoms. The Morgan fingerprint density at radius 1 is 1.54 bits per heavy atom. The number of carbonyl (C=O) groups is 1. The largest absolute Gasteiger partial charge is 0.463 e. The first-order valence-electron chi connectivity index (χ1n) is 4.68. The van der Waals surface area contributed by atoms with Crippen LogP contribution >= 0.6 is 0 Å². The van der Waals surface area contributed by atoms with Crippen molar-refractivity contribution in [3.63, 3.8) is 0 Å². The second-order valence-electron chi connectivity index (χ2n) is 2.77. The van der Waals surface area contributed by atoms with Gasteiger partial charge in [-0.3, -0.25) is 0 Å². The summed E-state index contributed by atoms with van der Waals surface area (Å²) >= 11 is 0. The van der Waals surface area contributed by atoms with Crippen LogP contribution in [-0.2, 0) is 9.53 Å². The second-order valence-corrected chi connectivity index (χ2v) is 2.77. The number of esters is 1. The van der Waals surface area contributed by atoms with E-state index in [1.807, 2.05) is 6.92 Å². The van der Waals surface area contributed by atoms with Crippen LogP contribution in [0.2, 0.25) is 0 Å². The van der Waals surface area contributed by atoms with Gasteiger partial charge in [0.15, 0.2) is 0 Å². The van der Waals surface area contributed by atoms with Crippen LogP contribution in [0.4, 0.5) is 0 Å². The van der Waals surface area contributed by atoms with Crippen molar-refractivity contribution in [2.75, 3.05) is 6.61 Å². The molecule has 0 bridgehead atoms. The van der Waals surface area contributed by atoms with E-state index >= 15 is 0 Å². The van der Waals surface area contributed by atoms with Crippen molar-refractivity contribution in [3.8, 4) is 0 Å². The number of allylic oxidation sites excluding steroid dienone is 1. The van der Waals surface area contributed by atoms with E-state index in [4.69, 9.17) is 4.74 Å². The van der Waals surface area contributed by atoms with Crippen LogP contribution in [0.5, 0.6) is 0 Å². The molecule has 0 aromatic carbocycles. The number of carbonyl (C=O) groups excluding carboxylic acids is 1. The van der Waals surface area contributed by atoms with Crippen LogP contribution in [0.1, 0.15) is 33.6 Å². The number of rotatable bonds is 5. The number of hydrogen-bond acceptors (Lipinski definition) is 3. The Morgan fingerprint density at radius 3 is 2.54 bits per heavy atom.